The Labute approximate surface area is 105 Å². The van der Waals surface area contributed by atoms with Crippen LogP contribution in [0.1, 0.15) is 11.7 Å². The highest BCUT2D eigenvalue weighted by molar-refractivity contribution is 6.33. The van der Waals surface area contributed by atoms with E-state index >= 15 is 0 Å². The Bertz CT molecular complexity index is 386. The second-order valence-corrected chi connectivity index (χ2v) is 3.87. The fourth-order valence-corrected chi connectivity index (χ4v) is 1.81. The summed E-state index contributed by atoms with van der Waals surface area (Å²) < 4.78 is 10.2. The molecule has 1 aromatic carbocycles. The maximum absolute atomic E-state index is 9.89. The molecule has 0 bridgehead atoms. The average molecular weight is 262 g/mol. The van der Waals surface area contributed by atoms with Crippen molar-refractivity contribution in [3.63, 3.8) is 0 Å². The zero-order chi connectivity index (χ0) is 13.0. The Kier molecular flexibility index (Phi) is 5.02. The summed E-state index contributed by atoms with van der Waals surface area (Å²) in [5.74, 6) is 0.793. The van der Waals surface area contributed by atoms with Gasteiger partial charge in [0.2, 0.25) is 0 Å². The number of aliphatic hydroxyl groups is 2. The SMILES string of the molecule is COc1ccc(C(O)C(N)CO)c(Cl)c1OC. The predicted molar refractivity (Wildman–Crippen MR) is 64.6 cm³/mol. The highest BCUT2D eigenvalue weighted by Crippen LogP contribution is 2.39. The molecule has 0 aliphatic heterocycles. The maximum atomic E-state index is 9.89. The highest BCUT2D eigenvalue weighted by Gasteiger charge is 2.22. The van der Waals surface area contributed by atoms with Crippen molar-refractivity contribution in [1.82, 2.24) is 0 Å². The van der Waals surface area contributed by atoms with Gasteiger partial charge in [0.05, 0.1) is 38.0 Å². The van der Waals surface area contributed by atoms with Crippen LogP contribution in [0, 0.1) is 0 Å². The molecule has 2 unspecified atom stereocenters. The van der Waals surface area contributed by atoms with Crippen molar-refractivity contribution in [2.24, 2.45) is 5.73 Å². The molecule has 1 rings (SSSR count). The van der Waals surface area contributed by atoms with Crippen molar-refractivity contribution in [3.8, 4) is 11.5 Å². The van der Waals surface area contributed by atoms with Crippen LogP contribution in [-0.2, 0) is 0 Å². The van der Waals surface area contributed by atoms with E-state index in [1.807, 2.05) is 0 Å². The number of aliphatic hydroxyl groups excluding tert-OH is 2. The number of ether oxygens (including phenoxy) is 2. The quantitative estimate of drug-likeness (QED) is 0.727. The van der Waals surface area contributed by atoms with E-state index in [-0.39, 0.29) is 11.6 Å². The maximum Gasteiger partial charge on any atom is 0.179 e. The number of nitrogens with two attached hydrogens (primary N) is 1. The first kappa shape index (κ1) is 14.1. The van der Waals surface area contributed by atoms with Gasteiger partial charge in [0.25, 0.3) is 0 Å². The lowest BCUT2D eigenvalue weighted by atomic mass is 10.0. The van der Waals surface area contributed by atoms with Crippen molar-refractivity contribution in [2.45, 2.75) is 12.1 Å². The van der Waals surface area contributed by atoms with Crippen LogP contribution >= 0.6 is 11.6 Å². The van der Waals surface area contributed by atoms with Gasteiger partial charge in [-0.2, -0.15) is 0 Å². The van der Waals surface area contributed by atoms with E-state index in [4.69, 9.17) is 31.9 Å². The number of methoxy groups -OCH3 is 2. The molecule has 4 N–H and O–H groups in total. The molecule has 2 atom stereocenters. The molecule has 5 nitrogen and oxygen atoms in total. The number of rotatable bonds is 5. The van der Waals surface area contributed by atoms with E-state index in [2.05, 4.69) is 0 Å². The fraction of sp³-hybridized carbons (Fsp3) is 0.455. The highest BCUT2D eigenvalue weighted by atomic mass is 35.5. The van der Waals surface area contributed by atoms with E-state index < -0.39 is 12.1 Å². The van der Waals surface area contributed by atoms with Gasteiger partial charge in [0.1, 0.15) is 0 Å². The summed E-state index contributed by atoms with van der Waals surface area (Å²) in [5, 5.41) is 19.0. The third-order valence-corrected chi connectivity index (χ3v) is 2.84. The summed E-state index contributed by atoms with van der Waals surface area (Å²) in [5.41, 5.74) is 5.94. The lowest BCUT2D eigenvalue weighted by Crippen LogP contribution is -2.32. The zero-order valence-electron chi connectivity index (χ0n) is 9.68. The van der Waals surface area contributed by atoms with E-state index in [0.717, 1.165) is 0 Å². The van der Waals surface area contributed by atoms with Gasteiger partial charge in [-0.05, 0) is 6.07 Å². The monoisotopic (exact) mass is 261 g/mol. The van der Waals surface area contributed by atoms with Crippen molar-refractivity contribution in [2.75, 3.05) is 20.8 Å². The van der Waals surface area contributed by atoms with Crippen LogP contribution in [0.5, 0.6) is 11.5 Å². The molecular weight excluding hydrogens is 246 g/mol. The standard InChI is InChI=1S/C11H16ClNO4/c1-16-8-4-3-6(9(12)11(8)17-2)10(15)7(13)5-14/h3-4,7,10,14-15H,5,13H2,1-2H3. The molecule has 0 amide bonds. The van der Waals surface area contributed by atoms with Crippen LogP contribution < -0.4 is 15.2 Å². The molecule has 6 heteroatoms. The third-order valence-electron chi connectivity index (χ3n) is 2.45. The molecule has 0 spiro atoms. The summed E-state index contributed by atoms with van der Waals surface area (Å²) in [4.78, 5) is 0. The van der Waals surface area contributed by atoms with Gasteiger partial charge >= 0.3 is 0 Å². The Morgan fingerprint density at radius 2 is 2.00 bits per heavy atom. The lowest BCUT2D eigenvalue weighted by molar-refractivity contribution is 0.109. The van der Waals surface area contributed by atoms with Gasteiger partial charge < -0.3 is 25.4 Å². The van der Waals surface area contributed by atoms with Gasteiger partial charge in [-0.1, -0.05) is 17.7 Å². The predicted octanol–water partition coefficient (Wildman–Crippen LogP) is 0.710. The van der Waals surface area contributed by atoms with Gasteiger partial charge in [0.15, 0.2) is 11.5 Å². The Balaban J connectivity index is 3.18. The molecule has 0 aliphatic carbocycles. The summed E-state index contributed by atoms with van der Waals surface area (Å²) in [6, 6.07) is 2.41. The molecule has 0 saturated heterocycles. The normalized spacial score (nSPS) is 14.2. The molecule has 0 aromatic heterocycles. The average Bonchev–Trinajstić information content (AvgIpc) is 2.36. The van der Waals surface area contributed by atoms with Crippen LogP contribution in [0.15, 0.2) is 12.1 Å². The molecule has 0 fully saturated rings. The Morgan fingerprint density at radius 3 is 2.47 bits per heavy atom. The molecule has 0 heterocycles. The van der Waals surface area contributed by atoms with Gasteiger partial charge in [-0.15, -0.1) is 0 Å². The fourth-order valence-electron chi connectivity index (χ4n) is 1.46. The summed E-state index contributed by atoms with van der Waals surface area (Å²) in [6.07, 6.45) is -1.06. The number of hydrogen-bond donors (Lipinski definition) is 3. The molecule has 0 radical (unpaired) electrons. The zero-order valence-corrected chi connectivity index (χ0v) is 10.4. The first-order valence-corrected chi connectivity index (χ1v) is 5.39. The number of hydrogen-bond acceptors (Lipinski definition) is 5. The first-order chi connectivity index (χ1) is 8.06. The van der Waals surface area contributed by atoms with E-state index in [1.54, 1.807) is 12.1 Å². The molecule has 1 aromatic rings. The Hall–Kier alpha value is -1.01. The van der Waals surface area contributed by atoms with E-state index in [0.29, 0.717) is 17.1 Å². The minimum Gasteiger partial charge on any atom is -0.493 e. The van der Waals surface area contributed by atoms with Gasteiger partial charge in [0, 0.05) is 5.56 Å². The van der Waals surface area contributed by atoms with E-state index in [1.165, 1.54) is 14.2 Å². The minimum absolute atomic E-state index is 0.225. The third kappa shape index (κ3) is 2.81. The molecule has 0 saturated carbocycles. The second kappa shape index (κ2) is 6.07. The minimum atomic E-state index is -1.06. The van der Waals surface area contributed by atoms with Crippen molar-refractivity contribution < 1.29 is 19.7 Å². The summed E-state index contributed by atoms with van der Waals surface area (Å²) in [7, 11) is 2.94. The Morgan fingerprint density at radius 1 is 1.35 bits per heavy atom. The second-order valence-electron chi connectivity index (χ2n) is 3.50. The van der Waals surface area contributed by atoms with Crippen LogP contribution in [0.3, 0.4) is 0 Å². The van der Waals surface area contributed by atoms with Crippen molar-refractivity contribution in [1.29, 1.82) is 0 Å². The van der Waals surface area contributed by atoms with Crippen molar-refractivity contribution >= 4 is 11.6 Å². The largest absolute Gasteiger partial charge is 0.493 e. The smallest absolute Gasteiger partial charge is 0.179 e. The number of benzene rings is 1. The first-order valence-electron chi connectivity index (χ1n) is 5.01. The summed E-state index contributed by atoms with van der Waals surface area (Å²) >= 11 is 6.09. The molecule has 17 heavy (non-hydrogen) atoms. The van der Waals surface area contributed by atoms with Crippen LogP contribution in [0.2, 0.25) is 5.02 Å². The summed E-state index contributed by atoms with van der Waals surface area (Å²) in [6.45, 7) is -0.341. The number of halogens is 1. The molecule has 96 valence electrons. The van der Waals surface area contributed by atoms with Crippen LogP contribution in [-0.4, -0.2) is 37.1 Å². The van der Waals surface area contributed by atoms with Gasteiger partial charge in [-0.3, -0.25) is 0 Å². The van der Waals surface area contributed by atoms with Crippen molar-refractivity contribution in [3.05, 3.63) is 22.7 Å². The van der Waals surface area contributed by atoms with Gasteiger partial charge in [-0.25, -0.2) is 0 Å². The lowest BCUT2D eigenvalue weighted by Gasteiger charge is -2.20. The molecule has 0 aliphatic rings. The molecular formula is C11H16ClNO4. The topological polar surface area (TPSA) is 84.9 Å². The van der Waals surface area contributed by atoms with Crippen LogP contribution in [0.25, 0.3) is 0 Å². The van der Waals surface area contributed by atoms with Crippen LogP contribution in [0.4, 0.5) is 0 Å². The van der Waals surface area contributed by atoms with E-state index in [9.17, 15) is 5.11 Å².